The number of pyridine rings is 1. The number of aromatic nitrogens is 1. The van der Waals surface area contributed by atoms with E-state index in [-0.39, 0.29) is 5.91 Å². The summed E-state index contributed by atoms with van der Waals surface area (Å²) in [5.74, 6) is 0.556. The molecule has 1 unspecified atom stereocenters. The van der Waals surface area contributed by atoms with E-state index in [1.807, 2.05) is 7.05 Å². The largest absolute Gasteiger partial charge is 0.386 e. The zero-order valence-corrected chi connectivity index (χ0v) is 11.0. The van der Waals surface area contributed by atoms with Crippen LogP contribution in [0.2, 0.25) is 0 Å². The van der Waals surface area contributed by atoms with E-state index in [4.69, 9.17) is 0 Å². The number of hydrogen-bond acceptors (Lipinski definition) is 3. The summed E-state index contributed by atoms with van der Waals surface area (Å²) in [5.41, 5.74) is 1.45. The van der Waals surface area contributed by atoms with Crippen molar-refractivity contribution in [1.82, 2.24) is 9.88 Å². The molecule has 0 aliphatic rings. The molecule has 0 radical (unpaired) electrons. The van der Waals surface area contributed by atoms with Crippen LogP contribution in [0.5, 0.6) is 0 Å². The molecule has 0 fully saturated rings. The van der Waals surface area contributed by atoms with Crippen LogP contribution >= 0.6 is 0 Å². The van der Waals surface area contributed by atoms with E-state index in [0.717, 1.165) is 18.7 Å². The molecule has 4 heteroatoms. The van der Waals surface area contributed by atoms with Crippen molar-refractivity contribution in [2.24, 2.45) is 5.92 Å². The van der Waals surface area contributed by atoms with Crippen LogP contribution in [-0.2, 0) is 0 Å². The topological polar surface area (TPSA) is 45.2 Å². The van der Waals surface area contributed by atoms with Crippen molar-refractivity contribution in [1.29, 1.82) is 0 Å². The zero-order chi connectivity index (χ0) is 12.8. The lowest BCUT2D eigenvalue weighted by Gasteiger charge is -2.21. The summed E-state index contributed by atoms with van der Waals surface area (Å²) in [5, 5.41) is 2.99. The Balaban J connectivity index is 2.81. The maximum atomic E-state index is 12.2. The van der Waals surface area contributed by atoms with Gasteiger partial charge in [-0.1, -0.05) is 20.3 Å². The van der Waals surface area contributed by atoms with E-state index >= 15 is 0 Å². The van der Waals surface area contributed by atoms with Crippen LogP contribution in [0.4, 0.5) is 5.69 Å². The van der Waals surface area contributed by atoms with E-state index in [1.165, 1.54) is 0 Å². The van der Waals surface area contributed by atoms with Crippen LogP contribution in [0, 0.1) is 5.92 Å². The summed E-state index contributed by atoms with van der Waals surface area (Å²) in [6.07, 6.45) is 4.39. The molecule has 4 nitrogen and oxygen atoms in total. The Morgan fingerprint density at radius 1 is 1.59 bits per heavy atom. The Hall–Kier alpha value is -1.58. The molecular weight excluding hydrogens is 214 g/mol. The van der Waals surface area contributed by atoms with Crippen LogP contribution in [0.25, 0.3) is 0 Å². The molecular formula is C13H21N3O. The number of amides is 1. The van der Waals surface area contributed by atoms with E-state index in [0.29, 0.717) is 11.5 Å². The minimum Gasteiger partial charge on any atom is -0.386 e. The molecule has 94 valence electrons. The predicted octanol–water partition coefficient (Wildman–Crippen LogP) is 2.24. The smallest absolute Gasteiger partial charge is 0.255 e. The average Bonchev–Trinajstić information content (AvgIpc) is 2.37. The summed E-state index contributed by atoms with van der Waals surface area (Å²) in [7, 11) is 3.64. The van der Waals surface area contributed by atoms with Gasteiger partial charge in [-0.15, -0.1) is 0 Å². The molecule has 1 atom stereocenters. The maximum Gasteiger partial charge on any atom is 0.255 e. The Kier molecular flexibility index (Phi) is 4.94. The third kappa shape index (κ3) is 3.44. The summed E-state index contributed by atoms with van der Waals surface area (Å²) in [6.45, 7) is 5.06. The van der Waals surface area contributed by atoms with Crippen LogP contribution in [0.15, 0.2) is 18.5 Å². The Bertz CT molecular complexity index is 379. The SMILES string of the molecule is CCC(C)CN(C)C(=O)c1ccncc1NC. The first kappa shape index (κ1) is 13.5. The van der Waals surface area contributed by atoms with Gasteiger partial charge in [0.25, 0.3) is 5.91 Å². The zero-order valence-electron chi connectivity index (χ0n) is 11.0. The van der Waals surface area contributed by atoms with Gasteiger partial charge in [0.2, 0.25) is 0 Å². The van der Waals surface area contributed by atoms with Crippen LogP contribution in [0.1, 0.15) is 30.6 Å². The molecule has 0 aromatic carbocycles. The van der Waals surface area contributed by atoms with Crippen molar-refractivity contribution in [3.63, 3.8) is 0 Å². The molecule has 0 saturated carbocycles. The van der Waals surface area contributed by atoms with Gasteiger partial charge in [-0.05, 0) is 12.0 Å². The van der Waals surface area contributed by atoms with Crippen molar-refractivity contribution < 1.29 is 4.79 Å². The van der Waals surface area contributed by atoms with E-state index < -0.39 is 0 Å². The molecule has 1 rings (SSSR count). The molecule has 0 bridgehead atoms. The molecule has 1 heterocycles. The lowest BCUT2D eigenvalue weighted by Crippen LogP contribution is -2.31. The summed E-state index contributed by atoms with van der Waals surface area (Å²) < 4.78 is 0. The molecule has 17 heavy (non-hydrogen) atoms. The highest BCUT2D eigenvalue weighted by Crippen LogP contribution is 2.15. The Morgan fingerprint density at radius 3 is 2.88 bits per heavy atom. The first-order valence-corrected chi connectivity index (χ1v) is 5.97. The number of carbonyl (C=O) groups excluding carboxylic acids is 1. The van der Waals surface area contributed by atoms with E-state index in [2.05, 4.69) is 24.1 Å². The van der Waals surface area contributed by atoms with Gasteiger partial charge in [0.1, 0.15) is 0 Å². The third-order valence-electron chi connectivity index (χ3n) is 2.95. The molecule has 1 aromatic rings. The summed E-state index contributed by atoms with van der Waals surface area (Å²) in [4.78, 5) is 18.0. The number of anilines is 1. The molecule has 0 saturated heterocycles. The van der Waals surface area contributed by atoms with Gasteiger partial charge in [0.05, 0.1) is 17.4 Å². The van der Waals surface area contributed by atoms with E-state index in [9.17, 15) is 4.79 Å². The first-order valence-electron chi connectivity index (χ1n) is 5.97. The third-order valence-corrected chi connectivity index (χ3v) is 2.95. The van der Waals surface area contributed by atoms with Gasteiger partial charge in [0, 0.05) is 26.8 Å². The standard InChI is InChI=1S/C13H21N3O/c1-5-10(2)9-16(4)13(17)11-6-7-15-8-12(11)14-3/h6-8,10,14H,5,9H2,1-4H3. The number of hydrogen-bond donors (Lipinski definition) is 1. The van der Waals surface area contributed by atoms with Crippen molar-refractivity contribution in [3.05, 3.63) is 24.0 Å². The van der Waals surface area contributed by atoms with Gasteiger partial charge < -0.3 is 10.2 Å². The highest BCUT2D eigenvalue weighted by Gasteiger charge is 2.16. The second-order valence-electron chi connectivity index (χ2n) is 4.37. The number of nitrogens with zero attached hydrogens (tertiary/aromatic N) is 2. The van der Waals surface area contributed by atoms with Crippen LogP contribution in [-0.4, -0.2) is 36.4 Å². The highest BCUT2D eigenvalue weighted by atomic mass is 16.2. The quantitative estimate of drug-likeness (QED) is 0.851. The maximum absolute atomic E-state index is 12.2. The minimum atomic E-state index is 0.0389. The van der Waals surface area contributed by atoms with Crippen LogP contribution < -0.4 is 5.32 Å². The fourth-order valence-electron chi connectivity index (χ4n) is 1.67. The summed E-state index contributed by atoms with van der Waals surface area (Å²) >= 11 is 0. The minimum absolute atomic E-state index is 0.0389. The second kappa shape index (κ2) is 6.23. The van der Waals surface area contributed by atoms with Gasteiger partial charge in [-0.25, -0.2) is 0 Å². The number of nitrogens with one attached hydrogen (secondary N) is 1. The monoisotopic (exact) mass is 235 g/mol. The van der Waals surface area contributed by atoms with Crippen molar-refractivity contribution in [3.8, 4) is 0 Å². The molecule has 1 aromatic heterocycles. The van der Waals surface area contributed by atoms with Crippen molar-refractivity contribution in [2.75, 3.05) is 26.0 Å². The lowest BCUT2D eigenvalue weighted by molar-refractivity contribution is 0.0776. The molecule has 0 spiro atoms. The van der Waals surface area contributed by atoms with E-state index in [1.54, 1.807) is 30.4 Å². The Morgan fingerprint density at radius 2 is 2.29 bits per heavy atom. The molecule has 1 N–H and O–H groups in total. The normalized spacial score (nSPS) is 12.0. The highest BCUT2D eigenvalue weighted by molar-refractivity contribution is 5.99. The Labute approximate surface area is 103 Å². The molecule has 0 aliphatic carbocycles. The van der Waals surface area contributed by atoms with Gasteiger partial charge in [-0.3, -0.25) is 9.78 Å². The van der Waals surface area contributed by atoms with Crippen molar-refractivity contribution >= 4 is 11.6 Å². The molecule has 1 amide bonds. The van der Waals surface area contributed by atoms with Gasteiger partial charge in [-0.2, -0.15) is 0 Å². The number of carbonyl (C=O) groups is 1. The van der Waals surface area contributed by atoms with Crippen molar-refractivity contribution in [2.45, 2.75) is 20.3 Å². The second-order valence-corrected chi connectivity index (χ2v) is 4.37. The lowest BCUT2D eigenvalue weighted by atomic mass is 10.1. The fraction of sp³-hybridized carbons (Fsp3) is 0.538. The van der Waals surface area contributed by atoms with Gasteiger partial charge in [0.15, 0.2) is 0 Å². The number of rotatable bonds is 5. The predicted molar refractivity (Wildman–Crippen MR) is 70.2 cm³/mol. The molecule has 0 aliphatic heterocycles. The fourth-order valence-corrected chi connectivity index (χ4v) is 1.67. The van der Waals surface area contributed by atoms with Gasteiger partial charge >= 0.3 is 0 Å². The first-order chi connectivity index (χ1) is 8.10. The average molecular weight is 235 g/mol. The van der Waals surface area contributed by atoms with Crippen LogP contribution in [0.3, 0.4) is 0 Å². The summed E-state index contributed by atoms with van der Waals surface area (Å²) in [6, 6.07) is 1.75.